The number of aryl methyl sites for hydroxylation is 1. The second kappa shape index (κ2) is 6.84. The molecule has 28 heavy (non-hydrogen) atoms. The summed E-state index contributed by atoms with van der Waals surface area (Å²) in [7, 11) is 0. The number of alkyl halides is 3. The van der Waals surface area contributed by atoms with Crippen LogP contribution in [0.4, 0.5) is 17.6 Å². The van der Waals surface area contributed by atoms with Crippen LogP contribution in [0, 0.1) is 12.7 Å². The van der Waals surface area contributed by atoms with Crippen LogP contribution >= 0.6 is 0 Å². The highest BCUT2D eigenvalue weighted by molar-refractivity contribution is 5.74. The summed E-state index contributed by atoms with van der Waals surface area (Å²) in [6.45, 7) is 4.85. The summed E-state index contributed by atoms with van der Waals surface area (Å²) in [6, 6.07) is 5.48. The maximum absolute atomic E-state index is 13.9. The molecule has 0 aliphatic carbocycles. The molecule has 2 N–H and O–H groups in total. The molecule has 150 valence electrons. The Morgan fingerprint density at radius 1 is 1.14 bits per heavy atom. The highest BCUT2D eigenvalue weighted by atomic mass is 19.4. The van der Waals surface area contributed by atoms with Gasteiger partial charge in [0.05, 0.1) is 17.2 Å². The van der Waals surface area contributed by atoms with Gasteiger partial charge in [-0.2, -0.15) is 13.2 Å². The molecule has 0 radical (unpaired) electrons. The fourth-order valence-electron chi connectivity index (χ4n) is 3.75. The van der Waals surface area contributed by atoms with Gasteiger partial charge in [0.1, 0.15) is 12.1 Å². The molecule has 0 aliphatic heterocycles. The Morgan fingerprint density at radius 3 is 2.50 bits per heavy atom. The van der Waals surface area contributed by atoms with Crippen LogP contribution in [0.25, 0.3) is 11.0 Å². The molecule has 0 fully saturated rings. The molecule has 0 unspecified atom stereocenters. The van der Waals surface area contributed by atoms with Gasteiger partial charge in [0.2, 0.25) is 0 Å². The van der Waals surface area contributed by atoms with Crippen molar-refractivity contribution >= 4 is 11.0 Å². The Kier molecular flexibility index (Phi) is 4.95. The molecule has 4 nitrogen and oxygen atoms in total. The van der Waals surface area contributed by atoms with Crippen molar-refractivity contribution in [3.8, 4) is 0 Å². The minimum absolute atomic E-state index is 0.196. The molecular formula is C20H21F4N3O. The minimum atomic E-state index is -4.88. The van der Waals surface area contributed by atoms with Crippen molar-refractivity contribution in [2.45, 2.75) is 50.8 Å². The van der Waals surface area contributed by atoms with E-state index < -0.39 is 35.9 Å². The zero-order valence-electron chi connectivity index (χ0n) is 15.7. The molecule has 0 saturated heterocycles. The summed E-state index contributed by atoms with van der Waals surface area (Å²) >= 11 is 0. The maximum Gasteiger partial charge on any atom is 0.417 e. The number of benzene rings is 1. The van der Waals surface area contributed by atoms with Crippen LogP contribution in [0.15, 0.2) is 36.8 Å². The predicted molar refractivity (Wildman–Crippen MR) is 97.4 cm³/mol. The third kappa shape index (κ3) is 3.87. The molecule has 0 bridgehead atoms. The number of rotatable bonds is 5. The molecular weight excluding hydrogens is 374 g/mol. The number of hydrogen-bond acceptors (Lipinski definition) is 3. The van der Waals surface area contributed by atoms with Crippen LogP contribution < -0.4 is 0 Å². The van der Waals surface area contributed by atoms with Gasteiger partial charge >= 0.3 is 6.18 Å². The molecule has 0 aliphatic rings. The molecule has 2 aromatic heterocycles. The molecule has 1 atom stereocenters. The van der Waals surface area contributed by atoms with E-state index in [1.807, 2.05) is 0 Å². The van der Waals surface area contributed by atoms with Gasteiger partial charge in [-0.1, -0.05) is 19.9 Å². The molecule has 3 rings (SSSR count). The third-order valence-electron chi connectivity index (χ3n) is 5.02. The molecule has 0 amide bonds. The largest absolute Gasteiger partial charge is 0.417 e. The van der Waals surface area contributed by atoms with Crippen molar-refractivity contribution in [1.29, 1.82) is 0 Å². The van der Waals surface area contributed by atoms with Gasteiger partial charge in [0.25, 0.3) is 0 Å². The van der Waals surface area contributed by atoms with Gasteiger partial charge in [-0.15, -0.1) is 0 Å². The van der Waals surface area contributed by atoms with Gasteiger partial charge in [-0.25, -0.2) is 14.4 Å². The molecule has 3 aromatic rings. The number of halogens is 4. The van der Waals surface area contributed by atoms with Crippen LogP contribution in [0.1, 0.15) is 37.1 Å². The average molecular weight is 395 g/mol. The number of aromatic amines is 1. The van der Waals surface area contributed by atoms with E-state index >= 15 is 0 Å². The fraction of sp³-hybridized carbons (Fsp3) is 0.400. The number of fused-ring (bicyclic) bond motifs is 1. The van der Waals surface area contributed by atoms with E-state index in [1.165, 1.54) is 36.8 Å². The number of H-pyrrole nitrogens is 1. The summed E-state index contributed by atoms with van der Waals surface area (Å²) < 4.78 is 55.4. The third-order valence-corrected chi connectivity index (χ3v) is 5.02. The van der Waals surface area contributed by atoms with E-state index in [2.05, 4.69) is 15.0 Å². The topological polar surface area (TPSA) is 61.8 Å². The van der Waals surface area contributed by atoms with E-state index in [0.717, 1.165) is 0 Å². The van der Waals surface area contributed by atoms with Gasteiger partial charge < -0.3 is 10.1 Å². The smallest absolute Gasteiger partial charge is 0.380 e. The van der Waals surface area contributed by atoms with Crippen LogP contribution in [-0.4, -0.2) is 31.8 Å². The summed E-state index contributed by atoms with van der Waals surface area (Å²) in [5.41, 5.74) is -1.89. The SMILES string of the molecule is Cc1ccc(F)cc1C(C)(C)C[C@](O)(Cc1cc2ncncc2[nH]1)C(F)(F)F. The first-order valence-electron chi connectivity index (χ1n) is 8.75. The van der Waals surface area contributed by atoms with E-state index in [0.29, 0.717) is 22.2 Å². The zero-order valence-corrected chi connectivity index (χ0v) is 15.7. The zero-order chi connectivity index (χ0) is 20.7. The molecule has 8 heteroatoms. The number of aromatic nitrogens is 3. The van der Waals surface area contributed by atoms with E-state index in [4.69, 9.17) is 0 Å². The van der Waals surface area contributed by atoms with Crippen molar-refractivity contribution in [2.24, 2.45) is 0 Å². The molecule has 2 heterocycles. The second-order valence-electron chi connectivity index (χ2n) is 7.84. The second-order valence-corrected chi connectivity index (χ2v) is 7.84. The summed E-state index contributed by atoms with van der Waals surface area (Å²) in [4.78, 5) is 10.6. The maximum atomic E-state index is 13.9. The lowest BCUT2D eigenvalue weighted by Gasteiger charge is -2.38. The Balaban J connectivity index is 1.98. The molecule has 0 saturated carbocycles. The Morgan fingerprint density at radius 2 is 1.86 bits per heavy atom. The number of nitrogens with one attached hydrogen (secondary N) is 1. The Hall–Kier alpha value is -2.48. The van der Waals surface area contributed by atoms with Crippen molar-refractivity contribution in [3.05, 3.63) is 59.4 Å². The average Bonchev–Trinajstić information content (AvgIpc) is 2.97. The number of nitrogens with zero attached hydrogens (tertiary/aromatic N) is 2. The highest BCUT2D eigenvalue weighted by Gasteiger charge is 2.56. The fourth-order valence-corrected chi connectivity index (χ4v) is 3.75. The van der Waals surface area contributed by atoms with Crippen molar-refractivity contribution in [3.63, 3.8) is 0 Å². The predicted octanol–water partition coefficient (Wildman–Crippen LogP) is 4.61. The van der Waals surface area contributed by atoms with Gasteiger partial charge in [-0.3, -0.25) is 0 Å². The minimum Gasteiger partial charge on any atom is -0.380 e. The monoisotopic (exact) mass is 395 g/mol. The number of aliphatic hydroxyl groups is 1. The van der Waals surface area contributed by atoms with Crippen LogP contribution in [-0.2, 0) is 11.8 Å². The lowest BCUT2D eigenvalue weighted by atomic mass is 9.72. The normalized spacial score (nSPS) is 15.0. The van der Waals surface area contributed by atoms with Crippen molar-refractivity contribution in [2.75, 3.05) is 0 Å². The Labute approximate surface area is 159 Å². The van der Waals surface area contributed by atoms with Crippen LogP contribution in [0.2, 0.25) is 0 Å². The van der Waals surface area contributed by atoms with Crippen molar-refractivity contribution < 1.29 is 22.7 Å². The Bertz CT molecular complexity index is 964. The van der Waals surface area contributed by atoms with Gasteiger partial charge in [-0.05, 0) is 48.1 Å². The summed E-state index contributed by atoms with van der Waals surface area (Å²) in [5, 5.41) is 10.7. The first kappa shape index (κ1) is 20.3. The summed E-state index contributed by atoms with van der Waals surface area (Å²) in [5.74, 6) is -0.529. The lowest BCUT2D eigenvalue weighted by molar-refractivity contribution is -0.266. The standard InChI is InChI=1S/C20H21F4N3O/c1-12-4-5-13(21)6-15(12)18(2,3)10-19(28,20(22,23)24)8-14-7-16-17(27-14)9-25-11-26-16/h4-7,9,11,27-28H,8,10H2,1-3H3/t19-/m1/s1. The van der Waals surface area contributed by atoms with E-state index in [-0.39, 0.29) is 5.69 Å². The van der Waals surface area contributed by atoms with E-state index in [1.54, 1.807) is 20.8 Å². The first-order valence-corrected chi connectivity index (χ1v) is 8.75. The molecule has 1 aromatic carbocycles. The number of hydrogen-bond donors (Lipinski definition) is 2. The van der Waals surface area contributed by atoms with Gasteiger partial charge in [0.15, 0.2) is 5.60 Å². The van der Waals surface area contributed by atoms with Crippen LogP contribution in [0.3, 0.4) is 0 Å². The van der Waals surface area contributed by atoms with E-state index in [9.17, 15) is 22.7 Å². The quantitative estimate of drug-likeness (QED) is 0.620. The first-order chi connectivity index (χ1) is 12.9. The van der Waals surface area contributed by atoms with Crippen LogP contribution in [0.5, 0.6) is 0 Å². The highest BCUT2D eigenvalue weighted by Crippen LogP contribution is 2.43. The molecule has 0 spiro atoms. The summed E-state index contributed by atoms with van der Waals surface area (Å²) in [6.07, 6.45) is -3.43. The van der Waals surface area contributed by atoms with Gasteiger partial charge in [0, 0.05) is 12.1 Å². The van der Waals surface area contributed by atoms with Crippen molar-refractivity contribution in [1.82, 2.24) is 15.0 Å². The lowest BCUT2D eigenvalue weighted by Crippen LogP contribution is -2.51.